The zero-order chi connectivity index (χ0) is 13.4. The summed E-state index contributed by atoms with van der Waals surface area (Å²) in [5.41, 5.74) is 0. The molecule has 0 radical (unpaired) electrons. The number of nitrogens with one attached hydrogen (secondary N) is 1. The van der Waals surface area contributed by atoms with Crippen molar-refractivity contribution in [2.75, 3.05) is 26.2 Å². The molecule has 1 N–H and O–H groups in total. The van der Waals surface area contributed by atoms with Crippen molar-refractivity contribution in [1.29, 1.82) is 0 Å². The average molecular weight is 256 g/mol. The number of rotatable bonds is 8. The monoisotopic (exact) mass is 256 g/mol. The second-order valence-corrected chi connectivity index (χ2v) is 5.64. The van der Waals surface area contributed by atoms with E-state index >= 15 is 0 Å². The molecule has 3 atom stereocenters. The van der Waals surface area contributed by atoms with Crippen molar-refractivity contribution < 1.29 is 4.74 Å². The van der Waals surface area contributed by atoms with Crippen LogP contribution in [0.1, 0.15) is 53.4 Å². The van der Waals surface area contributed by atoms with E-state index in [1.54, 1.807) is 0 Å². The van der Waals surface area contributed by atoms with Crippen LogP contribution < -0.4 is 5.32 Å². The van der Waals surface area contributed by atoms with E-state index in [9.17, 15) is 0 Å². The quantitative estimate of drug-likeness (QED) is 0.676. The first-order valence-electron chi connectivity index (χ1n) is 7.77. The van der Waals surface area contributed by atoms with E-state index < -0.39 is 0 Å². The molecule has 18 heavy (non-hydrogen) atoms. The second kappa shape index (κ2) is 8.89. The van der Waals surface area contributed by atoms with E-state index in [0.29, 0.717) is 18.2 Å². The first-order valence-corrected chi connectivity index (χ1v) is 7.77. The van der Waals surface area contributed by atoms with Crippen LogP contribution in [0.3, 0.4) is 0 Å². The number of hydrogen-bond acceptors (Lipinski definition) is 3. The molecular formula is C15H32N2O. The summed E-state index contributed by atoms with van der Waals surface area (Å²) in [6.45, 7) is 13.4. The molecule has 1 fully saturated rings. The molecule has 0 aromatic rings. The van der Waals surface area contributed by atoms with Crippen LogP contribution in [0, 0.1) is 0 Å². The fourth-order valence-corrected chi connectivity index (χ4v) is 2.75. The van der Waals surface area contributed by atoms with Gasteiger partial charge in [-0.05, 0) is 52.6 Å². The summed E-state index contributed by atoms with van der Waals surface area (Å²) >= 11 is 0. The Hall–Kier alpha value is -0.120. The van der Waals surface area contributed by atoms with Gasteiger partial charge < -0.3 is 10.1 Å². The van der Waals surface area contributed by atoms with Gasteiger partial charge in [0.2, 0.25) is 0 Å². The highest BCUT2D eigenvalue weighted by molar-refractivity contribution is 4.81. The van der Waals surface area contributed by atoms with Gasteiger partial charge in [-0.3, -0.25) is 4.90 Å². The summed E-state index contributed by atoms with van der Waals surface area (Å²) in [6, 6.07) is 1.31. The van der Waals surface area contributed by atoms with Crippen molar-refractivity contribution in [3.8, 4) is 0 Å². The molecule has 1 rings (SSSR count). The molecule has 1 aliphatic heterocycles. The lowest BCUT2D eigenvalue weighted by Gasteiger charge is -2.42. The molecule has 0 spiro atoms. The molecule has 3 heteroatoms. The summed E-state index contributed by atoms with van der Waals surface area (Å²) in [6.07, 6.45) is 5.40. The highest BCUT2D eigenvalue weighted by Gasteiger charge is 2.28. The van der Waals surface area contributed by atoms with Crippen molar-refractivity contribution in [2.45, 2.75) is 71.6 Å². The van der Waals surface area contributed by atoms with Crippen molar-refractivity contribution >= 4 is 0 Å². The lowest BCUT2D eigenvalue weighted by molar-refractivity contribution is -0.0710. The maximum Gasteiger partial charge on any atom is 0.0674 e. The minimum absolute atomic E-state index is 0.397. The molecule has 0 aromatic heterocycles. The van der Waals surface area contributed by atoms with Crippen LogP contribution in [0.4, 0.5) is 0 Å². The molecule has 0 amide bonds. The second-order valence-electron chi connectivity index (χ2n) is 5.64. The van der Waals surface area contributed by atoms with Crippen LogP contribution in [0.2, 0.25) is 0 Å². The zero-order valence-corrected chi connectivity index (χ0v) is 12.7. The van der Waals surface area contributed by atoms with Crippen LogP contribution in [-0.2, 0) is 4.74 Å². The fourth-order valence-electron chi connectivity index (χ4n) is 2.75. The third-order valence-corrected chi connectivity index (χ3v) is 3.95. The molecule has 1 saturated heterocycles. The summed E-state index contributed by atoms with van der Waals surface area (Å²) in [4.78, 5) is 2.66. The molecule has 0 saturated carbocycles. The zero-order valence-electron chi connectivity index (χ0n) is 12.7. The van der Waals surface area contributed by atoms with Gasteiger partial charge in [0, 0.05) is 18.6 Å². The Morgan fingerprint density at radius 2 is 2.11 bits per heavy atom. The van der Waals surface area contributed by atoms with E-state index in [2.05, 4.69) is 37.9 Å². The standard InChI is InChI=1S/C15H32N2O/c1-5-9-16-10-7-8-13(3)17-11-14(4)18-12-15(17)6-2/h13-16H,5-12H2,1-4H3. The van der Waals surface area contributed by atoms with Crippen molar-refractivity contribution in [3.05, 3.63) is 0 Å². The highest BCUT2D eigenvalue weighted by atomic mass is 16.5. The van der Waals surface area contributed by atoms with Gasteiger partial charge in [-0.15, -0.1) is 0 Å². The smallest absolute Gasteiger partial charge is 0.0674 e. The Morgan fingerprint density at radius 1 is 1.33 bits per heavy atom. The molecule has 3 nitrogen and oxygen atoms in total. The van der Waals surface area contributed by atoms with Gasteiger partial charge in [-0.1, -0.05) is 13.8 Å². The lowest BCUT2D eigenvalue weighted by Crippen LogP contribution is -2.52. The Bertz CT molecular complexity index is 211. The van der Waals surface area contributed by atoms with Crippen LogP contribution >= 0.6 is 0 Å². The number of ether oxygens (including phenoxy) is 1. The van der Waals surface area contributed by atoms with E-state index in [0.717, 1.165) is 26.2 Å². The van der Waals surface area contributed by atoms with Crippen molar-refractivity contribution in [1.82, 2.24) is 10.2 Å². The lowest BCUT2D eigenvalue weighted by atomic mass is 10.0. The number of nitrogens with zero attached hydrogens (tertiary/aromatic N) is 1. The number of hydrogen-bond donors (Lipinski definition) is 1. The third-order valence-electron chi connectivity index (χ3n) is 3.95. The SMILES string of the molecule is CCCNCCCC(C)N1CC(C)OCC1CC. The first-order chi connectivity index (χ1) is 8.69. The molecule has 3 unspecified atom stereocenters. The van der Waals surface area contributed by atoms with Crippen LogP contribution in [0.25, 0.3) is 0 Å². The summed E-state index contributed by atoms with van der Waals surface area (Å²) in [5.74, 6) is 0. The predicted octanol–water partition coefficient (Wildman–Crippen LogP) is 2.65. The third kappa shape index (κ3) is 5.25. The maximum atomic E-state index is 5.77. The Kier molecular flexibility index (Phi) is 7.87. The fraction of sp³-hybridized carbons (Fsp3) is 1.00. The van der Waals surface area contributed by atoms with Crippen LogP contribution in [0.15, 0.2) is 0 Å². The summed E-state index contributed by atoms with van der Waals surface area (Å²) in [5, 5.41) is 3.48. The van der Waals surface area contributed by atoms with Gasteiger partial charge >= 0.3 is 0 Å². The van der Waals surface area contributed by atoms with Gasteiger partial charge in [0.15, 0.2) is 0 Å². The maximum absolute atomic E-state index is 5.77. The highest BCUT2D eigenvalue weighted by Crippen LogP contribution is 2.19. The predicted molar refractivity (Wildman–Crippen MR) is 78.1 cm³/mol. The molecule has 1 heterocycles. The molecule has 0 aromatic carbocycles. The van der Waals surface area contributed by atoms with E-state index in [4.69, 9.17) is 4.74 Å². The Labute approximate surface area is 113 Å². The Morgan fingerprint density at radius 3 is 2.78 bits per heavy atom. The first kappa shape index (κ1) is 15.9. The Balaban J connectivity index is 2.26. The van der Waals surface area contributed by atoms with E-state index in [-0.39, 0.29) is 0 Å². The summed E-state index contributed by atoms with van der Waals surface area (Å²) in [7, 11) is 0. The molecule has 0 aliphatic carbocycles. The number of morpholine rings is 1. The topological polar surface area (TPSA) is 24.5 Å². The minimum atomic E-state index is 0.397. The van der Waals surface area contributed by atoms with Gasteiger partial charge in [-0.25, -0.2) is 0 Å². The van der Waals surface area contributed by atoms with Gasteiger partial charge in [-0.2, -0.15) is 0 Å². The average Bonchev–Trinajstić information content (AvgIpc) is 2.38. The van der Waals surface area contributed by atoms with Gasteiger partial charge in [0.1, 0.15) is 0 Å². The van der Waals surface area contributed by atoms with Crippen LogP contribution in [0.5, 0.6) is 0 Å². The normalized spacial score (nSPS) is 27.3. The molecule has 0 bridgehead atoms. The van der Waals surface area contributed by atoms with Crippen molar-refractivity contribution in [2.24, 2.45) is 0 Å². The van der Waals surface area contributed by atoms with Crippen molar-refractivity contribution in [3.63, 3.8) is 0 Å². The van der Waals surface area contributed by atoms with E-state index in [1.165, 1.54) is 25.7 Å². The van der Waals surface area contributed by atoms with Crippen LogP contribution in [-0.4, -0.2) is 49.3 Å². The summed E-state index contributed by atoms with van der Waals surface area (Å²) < 4.78 is 5.77. The largest absolute Gasteiger partial charge is 0.376 e. The molecule has 1 aliphatic rings. The minimum Gasteiger partial charge on any atom is -0.376 e. The van der Waals surface area contributed by atoms with Gasteiger partial charge in [0.05, 0.1) is 12.7 Å². The van der Waals surface area contributed by atoms with E-state index in [1.807, 2.05) is 0 Å². The molecule has 108 valence electrons. The van der Waals surface area contributed by atoms with Gasteiger partial charge in [0.25, 0.3) is 0 Å². The molecular weight excluding hydrogens is 224 g/mol.